The van der Waals surface area contributed by atoms with E-state index in [1.807, 2.05) is 66.7 Å². The van der Waals surface area contributed by atoms with E-state index in [0.717, 1.165) is 26.7 Å². The third-order valence-electron chi connectivity index (χ3n) is 4.17. The third-order valence-corrected chi connectivity index (χ3v) is 5.13. The van der Waals surface area contributed by atoms with Gasteiger partial charge in [0.25, 0.3) is 0 Å². The normalized spacial score (nSPS) is 11.0. The quantitative estimate of drug-likeness (QED) is 0.599. The topological polar surface area (TPSA) is 51.1 Å². The second-order valence-corrected chi connectivity index (χ2v) is 6.84. The van der Waals surface area contributed by atoms with E-state index >= 15 is 0 Å². The number of hydrogen-bond acceptors (Lipinski definition) is 3. The van der Waals surface area contributed by atoms with Gasteiger partial charge in [0, 0.05) is 18.7 Å². The second kappa shape index (κ2) is 6.53. The number of carbonyl (C=O) groups excluding carboxylic acids is 1. The second-order valence-electron chi connectivity index (χ2n) is 5.85. The molecule has 1 amide bonds. The van der Waals surface area contributed by atoms with Crippen LogP contribution in [0.15, 0.2) is 71.5 Å². The van der Waals surface area contributed by atoms with E-state index in [0.29, 0.717) is 6.54 Å². The number of amides is 1. The van der Waals surface area contributed by atoms with Gasteiger partial charge in [0.1, 0.15) is 0 Å². The van der Waals surface area contributed by atoms with Crippen LogP contribution in [0.1, 0.15) is 6.42 Å². The lowest BCUT2D eigenvalue weighted by molar-refractivity contribution is -0.116. The Morgan fingerprint density at radius 3 is 2.60 bits per heavy atom. The van der Waals surface area contributed by atoms with E-state index in [9.17, 15) is 9.59 Å². The maximum Gasteiger partial charge on any atom is 0.308 e. The fourth-order valence-electron chi connectivity index (χ4n) is 2.93. The fraction of sp³-hybridized carbons (Fsp3) is 0.100. The Bertz CT molecular complexity index is 1130. The predicted octanol–water partition coefficient (Wildman–Crippen LogP) is 4.25. The molecular formula is C20H16N2O2S. The Hall–Kier alpha value is -2.92. The summed E-state index contributed by atoms with van der Waals surface area (Å²) in [6.45, 7) is 0.377. The van der Waals surface area contributed by atoms with E-state index in [4.69, 9.17) is 0 Å². The molecule has 1 N–H and O–H groups in total. The van der Waals surface area contributed by atoms with E-state index in [1.165, 1.54) is 11.3 Å². The SMILES string of the molecule is O=C(CCn1c(=O)sc2ccccc21)Nc1ccc2ccccc2c1. The van der Waals surface area contributed by atoms with Crippen LogP contribution in [0.2, 0.25) is 0 Å². The van der Waals surface area contributed by atoms with Crippen molar-refractivity contribution in [3.05, 3.63) is 76.4 Å². The molecule has 0 radical (unpaired) electrons. The molecule has 0 aliphatic rings. The number of fused-ring (bicyclic) bond motifs is 2. The van der Waals surface area contributed by atoms with Crippen LogP contribution in [0.5, 0.6) is 0 Å². The zero-order chi connectivity index (χ0) is 17.2. The number of para-hydroxylation sites is 1. The van der Waals surface area contributed by atoms with Crippen LogP contribution in [0.3, 0.4) is 0 Å². The summed E-state index contributed by atoms with van der Waals surface area (Å²) in [6.07, 6.45) is 0.257. The van der Waals surface area contributed by atoms with Gasteiger partial charge in [-0.15, -0.1) is 0 Å². The van der Waals surface area contributed by atoms with Gasteiger partial charge in [-0.25, -0.2) is 0 Å². The summed E-state index contributed by atoms with van der Waals surface area (Å²) in [5, 5.41) is 5.13. The van der Waals surface area contributed by atoms with Gasteiger partial charge in [-0.3, -0.25) is 14.2 Å². The molecule has 4 rings (SSSR count). The summed E-state index contributed by atoms with van der Waals surface area (Å²) in [6, 6.07) is 21.5. The number of aromatic nitrogens is 1. The Morgan fingerprint density at radius 2 is 1.72 bits per heavy atom. The number of nitrogens with zero attached hydrogens (tertiary/aromatic N) is 1. The molecule has 4 nitrogen and oxygen atoms in total. The van der Waals surface area contributed by atoms with Crippen molar-refractivity contribution in [3.8, 4) is 0 Å². The summed E-state index contributed by atoms with van der Waals surface area (Å²) in [7, 11) is 0. The molecule has 1 aromatic heterocycles. The number of hydrogen-bond donors (Lipinski definition) is 1. The van der Waals surface area contributed by atoms with Crippen LogP contribution < -0.4 is 10.2 Å². The van der Waals surface area contributed by atoms with Crippen molar-refractivity contribution >= 4 is 43.9 Å². The van der Waals surface area contributed by atoms with E-state index in [1.54, 1.807) is 4.57 Å². The van der Waals surface area contributed by atoms with Crippen molar-refractivity contribution in [1.29, 1.82) is 0 Å². The average Bonchev–Trinajstić information content (AvgIpc) is 2.95. The van der Waals surface area contributed by atoms with Crippen LogP contribution in [0.25, 0.3) is 21.0 Å². The number of aryl methyl sites for hydroxylation is 1. The van der Waals surface area contributed by atoms with Crippen LogP contribution in [-0.4, -0.2) is 10.5 Å². The molecule has 0 unspecified atom stereocenters. The van der Waals surface area contributed by atoms with Gasteiger partial charge in [-0.05, 0) is 35.0 Å². The molecule has 0 fully saturated rings. The third kappa shape index (κ3) is 3.19. The molecule has 1 heterocycles. The lowest BCUT2D eigenvalue weighted by Crippen LogP contribution is -2.19. The summed E-state index contributed by atoms with van der Waals surface area (Å²) in [5.74, 6) is -0.0996. The van der Waals surface area contributed by atoms with E-state index in [2.05, 4.69) is 5.32 Å². The smallest absolute Gasteiger partial charge is 0.308 e. The number of thiazole rings is 1. The Balaban J connectivity index is 1.48. The molecule has 0 atom stereocenters. The highest BCUT2D eigenvalue weighted by Crippen LogP contribution is 2.19. The molecule has 124 valence electrons. The lowest BCUT2D eigenvalue weighted by atomic mass is 10.1. The average molecular weight is 348 g/mol. The van der Waals surface area contributed by atoms with Crippen molar-refractivity contribution < 1.29 is 4.79 Å². The highest BCUT2D eigenvalue weighted by Gasteiger charge is 2.09. The number of rotatable bonds is 4. The minimum Gasteiger partial charge on any atom is -0.326 e. The zero-order valence-electron chi connectivity index (χ0n) is 13.4. The van der Waals surface area contributed by atoms with E-state index in [-0.39, 0.29) is 17.2 Å². The maximum absolute atomic E-state index is 12.3. The molecule has 0 aliphatic heterocycles. The molecule has 0 aliphatic carbocycles. The Kier molecular flexibility index (Phi) is 4.07. The van der Waals surface area contributed by atoms with Gasteiger partial charge in [0.2, 0.25) is 5.91 Å². The molecule has 0 saturated heterocycles. The summed E-state index contributed by atoms with van der Waals surface area (Å²) in [5.41, 5.74) is 1.65. The minimum absolute atomic E-state index is 0.0281. The van der Waals surface area contributed by atoms with Gasteiger partial charge in [0.15, 0.2) is 0 Å². The Labute approximate surface area is 148 Å². The van der Waals surface area contributed by atoms with Crippen LogP contribution >= 0.6 is 11.3 Å². The van der Waals surface area contributed by atoms with Gasteiger partial charge < -0.3 is 5.32 Å². The standard InChI is InChI=1S/C20H16N2O2S/c23-19(21-16-10-9-14-5-1-2-6-15(14)13-16)11-12-22-17-7-3-4-8-18(17)25-20(22)24/h1-10,13H,11-12H2,(H,21,23). The first-order chi connectivity index (χ1) is 12.2. The number of benzene rings is 3. The largest absolute Gasteiger partial charge is 0.326 e. The minimum atomic E-state index is -0.0996. The van der Waals surface area contributed by atoms with E-state index < -0.39 is 0 Å². The highest BCUT2D eigenvalue weighted by molar-refractivity contribution is 7.16. The zero-order valence-corrected chi connectivity index (χ0v) is 14.3. The van der Waals surface area contributed by atoms with Crippen molar-refractivity contribution in [2.75, 3.05) is 5.32 Å². The number of carbonyl (C=O) groups is 1. The maximum atomic E-state index is 12.3. The summed E-state index contributed by atoms with van der Waals surface area (Å²) >= 11 is 1.21. The first-order valence-corrected chi connectivity index (χ1v) is 8.89. The van der Waals surface area contributed by atoms with Gasteiger partial charge >= 0.3 is 4.87 Å². The van der Waals surface area contributed by atoms with Crippen molar-refractivity contribution in [3.63, 3.8) is 0 Å². The van der Waals surface area contributed by atoms with Gasteiger partial charge in [0.05, 0.1) is 10.2 Å². The van der Waals surface area contributed by atoms with Crippen molar-refractivity contribution in [2.24, 2.45) is 0 Å². The van der Waals surface area contributed by atoms with Crippen LogP contribution in [0, 0.1) is 0 Å². The lowest BCUT2D eigenvalue weighted by Gasteiger charge is -2.07. The predicted molar refractivity (Wildman–Crippen MR) is 103 cm³/mol. The fourth-order valence-corrected chi connectivity index (χ4v) is 3.85. The monoisotopic (exact) mass is 348 g/mol. The van der Waals surface area contributed by atoms with Crippen molar-refractivity contribution in [1.82, 2.24) is 4.57 Å². The first kappa shape index (κ1) is 15.6. The van der Waals surface area contributed by atoms with Crippen molar-refractivity contribution in [2.45, 2.75) is 13.0 Å². The molecule has 3 aromatic carbocycles. The van der Waals surface area contributed by atoms with Crippen LogP contribution in [-0.2, 0) is 11.3 Å². The molecule has 5 heteroatoms. The number of nitrogens with one attached hydrogen (secondary N) is 1. The molecular weight excluding hydrogens is 332 g/mol. The molecule has 0 spiro atoms. The number of anilines is 1. The molecule has 0 saturated carbocycles. The van der Waals surface area contributed by atoms with Gasteiger partial charge in [-0.1, -0.05) is 53.8 Å². The molecule has 0 bridgehead atoms. The highest BCUT2D eigenvalue weighted by atomic mass is 32.1. The van der Waals surface area contributed by atoms with Gasteiger partial charge in [-0.2, -0.15) is 0 Å². The molecule has 4 aromatic rings. The Morgan fingerprint density at radius 1 is 0.960 bits per heavy atom. The summed E-state index contributed by atoms with van der Waals surface area (Å²) < 4.78 is 2.61. The molecule has 25 heavy (non-hydrogen) atoms. The summed E-state index contributed by atoms with van der Waals surface area (Å²) in [4.78, 5) is 24.3. The van der Waals surface area contributed by atoms with Crippen LogP contribution in [0.4, 0.5) is 5.69 Å². The first-order valence-electron chi connectivity index (χ1n) is 8.08.